The fourth-order valence-corrected chi connectivity index (χ4v) is 3.92. The summed E-state index contributed by atoms with van der Waals surface area (Å²) in [6.07, 6.45) is -6.93. The van der Waals surface area contributed by atoms with Gasteiger partial charge in [0.2, 0.25) is 17.7 Å². The van der Waals surface area contributed by atoms with Crippen molar-refractivity contribution in [3.05, 3.63) is 0 Å². The lowest BCUT2D eigenvalue weighted by molar-refractivity contribution is -0.287. The van der Waals surface area contributed by atoms with Crippen LogP contribution in [-0.2, 0) is 57.2 Å². The lowest BCUT2D eigenvalue weighted by Gasteiger charge is -2.45. The van der Waals surface area contributed by atoms with Crippen LogP contribution in [0.25, 0.3) is 0 Å². The molecule has 1 fully saturated rings. The maximum atomic E-state index is 12.9. The largest absolute Gasteiger partial charge is 0.480 e. The second-order valence-electron chi connectivity index (χ2n) is 9.93. The zero-order chi connectivity index (χ0) is 32.3. The van der Waals surface area contributed by atoms with Gasteiger partial charge in [0.05, 0.1) is 12.1 Å². The van der Waals surface area contributed by atoms with Crippen molar-refractivity contribution in [2.45, 2.75) is 97.3 Å². The molecule has 0 bridgehead atoms. The lowest BCUT2D eigenvalue weighted by Crippen LogP contribution is -2.67. The molecule has 238 valence electrons. The smallest absolute Gasteiger partial charge is 0.322 e. The fourth-order valence-electron chi connectivity index (χ4n) is 3.92. The van der Waals surface area contributed by atoms with Crippen LogP contribution in [0, 0.1) is 5.92 Å². The van der Waals surface area contributed by atoms with E-state index in [0.29, 0.717) is 0 Å². The number of carboxylic acid groups (broad SMARTS) is 1. The quantitative estimate of drug-likeness (QED) is 0.104. The number of ether oxygens (including phenoxy) is 5. The Kier molecular flexibility index (Phi) is 14.3. The molecule has 1 aliphatic rings. The van der Waals surface area contributed by atoms with Gasteiger partial charge < -0.3 is 50.5 Å². The van der Waals surface area contributed by atoms with Gasteiger partial charge in [-0.15, -0.1) is 0 Å². The third kappa shape index (κ3) is 11.6. The minimum Gasteiger partial charge on any atom is -0.480 e. The molecule has 0 aromatic rings. The van der Waals surface area contributed by atoms with E-state index in [1.807, 2.05) is 0 Å². The van der Waals surface area contributed by atoms with Crippen LogP contribution in [-0.4, -0.2) is 109 Å². The number of carbonyl (C=O) groups excluding carboxylic acids is 6. The normalized spacial score (nSPS) is 23.9. The molecule has 1 aliphatic heterocycles. The Labute approximate surface area is 242 Å². The first kappa shape index (κ1) is 36.2. The minimum atomic E-state index is -1.55. The molecule has 17 heteroatoms. The highest BCUT2D eigenvalue weighted by Crippen LogP contribution is 2.29. The molecule has 0 radical (unpaired) electrons. The van der Waals surface area contributed by atoms with Crippen molar-refractivity contribution < 1.29 is 62.4 Å². The fraction of sp³-hybridized carbons (Fsp3) is 0.720. The predicted octanol–water partition coefficient (Wildman–Crippen LogP) is -2.28. The van der Waals surface area contributed by atoms with Gasteiger partial charge in [-0.2, -0.15) is 0 Å². The van der Waals surface area contributed by atoms with Gasteiger partial charge in [-0.25, -0.2) is 0 Å². The van der Waals surface area contributed by atoms with E-state index in [9.17, 15) is 33.6 Å². The number of amides is 3. The Morgan fingerprint density at radius 1 is 0.881 bits per heavy atom. The van der Waals surface area contributed by atoms with Crippen molar-refractivity contribution in [2.24, 2.45) is 11.7 Å². The van der Waals surface area contributed by atoms with Crippen molar-refractivity contribution in [2.75, 3.05) is 13.2 Å². The minimum absolute atomic E-state index is 0.320. The van der Waals surface area contributed by atoms with E-state index in [0.717, 1.165) is 27.7 Å². The number of carboxylic acids is 1. The standard InChI is InChI=1S/C25H40N4O13/c1-10(2)18(26)23(36)29-19(24(37)27-8-17(34)35)11(3)39-25-20(28-12(4)30)22(41-15(7)33)21(40-14(6)32)16(42-25)9-38-13(5)31/h10-11,16,18-22,25H,8-9,26H2,1-7H3,(H,27,37)(H,28,30)(H,29,36)(H,34,35)/t11-,16-,18+,19+,20-,21+,22-,25+/m1/s1. The molecule has 6 N–H and O–H groups in total. The van der Waals surface area contributed by atoms with Crippen LogP contribution in [0.15, 0.2) is 0 Å². The second-order valence-corrected chi connectivity index (χ2v) is 9.93. The van der Waals surface area contributed by atoms with Crippen molar-refractivity contribution in [3.8, 4) is 0 Å². The van der Waals surface area contributed by atoms with Crippen LogP contribution < -0.4 is 21.7 Å². The van der Waals surface area contributed by atoms with Crippen molar-refractivity contribution >= 4 is 41.6 Å². The number of nitrogens with one attached hydrogen (secondary N) is 3. The maximum Gasteiger partial charge on any atom is 0.322 e. The maximum absolute atomic E-state index is 12.9. The van der Waals surface area contributed by atoms with Crippen LogP contribution >= 0.6 is 0 Å². The predicted molar refractivity (Wildman–Crippen MR) is 140 cm³/mol. The molecule has 17 nitrogen and oxygen atoms in total. The first-order chi connectivity index (χ1) is 19.4. The Morgan fingerprint density at radius 3 is 1.93 bits per heavy atom. The SMILES string of the molecule is CC(=O)N[C@H]1[C@@H](O[C@H](C)[C@H](NC(=O)[C@@H](N)C(C)C)C(=O)NCC(=O)O)O[C@H](COC(C)=O)[C@H](OC(C)=O)[C@@H]1OC(C)=O. The molecule has 0 unspecified atom stereocenters. The number of esters is 3. The average Bonchev–Trinajstić information content (AvgIpc) is 2.86. The average molecular weight is 605 g/mol. The number of carbonyl (C=O) groups is 7. The van der Waals surface area contributed by atoms with Gasteiger partial charge in [-0.05, 0) is 12.8 Å². The molecule has 1 heterocycles. The number of aliphatic carboxylic acids is 1. The van der Waals surface area contributed by atoms with Crippen LogP contribution in [0.1, 0.15) is 48.5 Å². The van der Waals surface area contributed by atoms with Gasteiger partial charge in [-0.1, -0.05) is 13.8 Å². The zero-order valence-electron chi connectivity index (χ0n) is 24.5. The summed E-state index contributed by atoms with van der Waals surface area (Å²) < 4.78 is 27.6. The summed E-state index contributed by atoms with van der Waals surface area (Å²) in [7, 11) is 0. The molecule has 0 saturated carbocycles. The molecule has 42 heavy (non-hydrogen) atoms. The molecule has 8 atom stereocenters. The summed E-state index contributed by atoms with van der Waals surface area (Å²) in [5.41, 5.74) is 5.91. The first-order valence-electron chi connectivity index (χ1n) is 13.1. The van der Waals surface area contributed by atoms with Gasteiger partial charge in [-0.3, -0.25) is 33.6 Å². The van der Waals surface area contributed by atoms with Gasteiger partial charge in [0.1, 0.15) is 31.3 Å². The van der Waals surface area contributed by atoms with E-state index in [1.165, 1.54) is 6.92 Å². The summed E-state index contributed by atoms with van der Waals surface area (Å²) in [5, 5.41) is 16.1. The second kappa shape index (κ2) is 16.6. The molecule has 3 amide bonds. The Bertz CT molecular complexity index is 1020. The Morgan fingerprint density at radius 2 is 1.45 bits per heavy atom. The lowest BCUT2D eigenvalue weighted by atomic mass is 9.95. The summed E-state index contributed by atoms with van der Waals surface area (Å²) in [4.78, 5) is 84.3. The number of rotatable bonds is 14. The van der Waals surface area contributed by atoms with E-state index >= 15 is 0 Å². The van der Waals surface area contributed by atoms with Crippen molar-refractivity contribution in [1.82, 2.24) is 16.0 Å². The van der Waals surface area contributed by atoms with Crippen molar-refractivity contribution in [1.29, 1.82) is 0 Å². The summed E-state index contributed by atoms with van der Waals surface area (Å²) >= 11 is 0. The van der Waals surface area contributed by atoms with Gasteiger partial charge in [0, 0.05) is 27.7 Å². The molecule has 0 aromatic heterocycles. The topological polar surface area (TPSA) is 248 Å². The molecule has 1 saturated heterocycles. The Balaban J connectivity index is 3.51. The van der Waals surface area contributed by atoms with Crippen LogP contribution in [0.5, 0.6) is 0 Å². The highest BCUT2D eigenvalue weighted by molar-refractivity contribution is 5.91. The molecular weight excluding hydrogens is 564 g/mol. The van der Waals surface area contributed by atoms with Crippen molar-refractivity contribution in [3.63, 3.8) is 0 Å². The highest BCUT2D eigenvalue weighted by Gasteiger charge is 2.52. The highest BCUT2D eigenvalue weighted by atomic mass is 16.7. The third-order valence-corrected chi connectivity index (χ3v) is 5.90. The molecule has 1 rings (SSSR count). The molecule has 0 spiro atoms. The van der Waals surface area contributed by atoms with Crippen LogP contribution in [0.2, 0.25) is 0 Å². The van der Waals surface area contributed by atoms with Gasteiger partial charge >= 0.3 is 23.9 Å². The van der Waals surface area contributed by atoms with E-state index in [4.69, 9.17) is 34.5 Å². The van der Waals surface area contributed by atoms with E-state index in [-0.39, 0.29) is 5.92 Å². The third-order valence-electron chi connectivity index (χ3n) is 5.90. The van der Waals surface area contributed by atoms with Gasteiger partial charge in [0.15, 0.2) is 18.5 Å². The molecule has 0 aromatic carbocycles. The summed E-state index contributed by atoms with van der Waals surface area (Å²) in [6.45, 7) is 7.85. The number of hydrogen-bond acceptors (Lipinski definition) is 13. The van der Waals surface area contributed by atoms with E-state index in [1.54, 1.807) is 13.8 Å². The number of nitrogens with two attached hydrogens (primary N) is 1. The summed E-state index contributed by atoms with van der Waals surface area (Å²) in [6, 6.07) is -3.90. The van der Waals surface area contributed by atoms with Crippen LogP contribution in [0.3, 0.4) is 0 Å². The first-order valence-corrected chi connectivity index (χ1v) is 13.1. The Hall–Kier alpha value is -3.83. The number of hydrogen-bond donors (Lipinski definition) is 5. The zero-order valence-corrected chi connectivity index (χ0v) is 24.5. The van der Waals surface area contributed by atoms with E-state index in [2.05, 4.69) is 16.0 Å². The van der Waals surface area contributed by atoms with Crippen LogP contribution in [0.4, 0.5) is 0 Å². The molecular formula is C25H40N4O13. The van der Waals surface area contributed by atoms with Gasteiger partial charge in [0.25, 0.3) is 0 Å². The molecule has 0 aliphatic carbocycles. The summed E-state index contributed by atoms with van der Waals surface area (Å²) in [5.74, 6) is -6.31. The van der Waals surface area contributed by atoms with E-state index < -0.39 is 104 Å². The monoisotopic (exact) mass is 604 g/mol.